The highest BCUT2D eigenvalue weighted by Gasteiger charge is 2.24. The number of pyridine rings is 1. The Hall–Kier alpha value is -2.78. The number of rotatable bonds is 4. The van der Waals surface area contributed by atoms with Gasteiger partial charge in [0.05, 0.1) is 25.5 Å². The third-order valence-corrected chi connectivity index (χ3v) is 5.90. The molecule has 28 heavy (non-hydrogen) atoms. The lowest BCUT2D eigenvalue weighted by molar-refractivity contribution is 0.0986. The van der Waals surface area contributed by atoms with E-state index in [1.807, 2.05) is 6.07 Å². The predicted octanol–water partition coefficient (Wildman–Crippen LogP) is 3.05. The van der Waals surface area contributed by atoms with Gasteiger partial charge < -0.3 is 9.64 Å². The van der Waals surface area contributed by atoms with Crippen LogP contribution >= 0.6 is 11.3 Å². The lowest BCUT2D eigenvalue weighted by Gasteiger charge is -2.34. The molecule has 4 aromatic heterocycles. The average Bonchev–Trinajstić information content (AvgIpc) is 3.46. The summed E-state index contributed by atoms with van der Waals surface area (Å²) in [5.41, 5.74) is 4.91. The first-order valence-corrected chi connectivity index (χ1v) is 10.3. The minimum atomic E-state index is 0.266. The number of nitrogens with one attached hydrogen (secondary N) is 1. The summed E-state index contributed by atoms with van der Waals surface area (Å²) in [5, 5.41) is 17.6. The Labute approximate surface area is 166 Å². The molecule has 1 N–H and O–H groups in total. The normalized spacial score (nSPS) is 17.5. The van der Waals surface area contributed by atoms with Crippen molar-refractivity contribution in [1.82, 2.24) is 29.9 Å². The van der Waals surface area contributed by atoms with Crippen molar-refractivity contribution in [2.24, 2.45) is 0 Å². The van der Waals surface area contributed by atoms with Crippen LogP contribution in [0.1, 0.15) is 19.5 Å². The lowest BCUT2D eigenvalue weighted by Crippen LogP contribution is -2.44. The van der Waals surface area contributed by atoms with Crippen LogP contribution in [0.2, 0.25) is 0 Å². The summed E-state index contributed by atoms with van der Waals surface area (Å²) >= 11 is 1.54. The van der Waals surface area contributed by atoms with Crippen molar-refractivity contribution in [2.75, 3.05) is 24.7 Å². The van der Waals surface area contributed by atoms with Crippen LogP contribution in [-0.4, -0.2) is 55.7 Å². The van der Waals surface area contributed by atoms with Gasteiger partial charge in [-0.3, -0.25) is 9.67 Å². The Bertz CT molecular complexity index is 1090. The summed E-state index contributed by atoms with van der Waals surface area (Å²) in [6, 6.07) is 6.57. The molecule has 8 nitrogen and oxygen atoms in total. The largest absolute Gasteiger partial charge is 0.377 e. The molecule has 1 aliphatic rings. The molecule has 4 aromatic rings. The maximum Gasteiger partial charge on any atom is 0.149 e. The van der Waals surface area contributed by atoms with Crippen LogP contribution in [0.25, 0.3) is 27.4 Å². The first kappa shape index (κ1) is 17.3. The number of hydrogen-bond donors (Lipinski definition) is 1. The highest BCUT2D eigenvalue weighted by Crippen LogP contribution is 2.36. The molecule has 144 valence electrons. The number of anilines is 1. The summed E-state index contributed by atoms with van der Waals surface area (Å²) in [5.74, 6) is 1.85. The van der Waals surface area contributed by atoms with Gasteiger partial charge in [-0.05, 0) is 25.5 Å². The molecule has 1 aliphatic heterocycles. The van der Waals surface area contributed by atoms with Gasteiger partial charge in [-0.25, -0.2) is 4.98 Å². The van der Waals surface area contributed by atoms with E-state index in [0.29, 0.717) is 13.2 Å². The number of ether oxygens (including phenoxy) is 1. The van der Waals surface area contributed by atoms with Crippen LogP contribution < -0.4 is 4.90 Å². The fourth-order valence-electron chi connectivity index (χ4n) is 3.79. The molecule has 1 atom stereocenters. The van der Waals surface area contributed by atoms with Crippen LogP contribution in [0.5, 0.6) is 0 Å². The molecule has 0 amide bonds. The minimum Gasteiger partial charge on any atom is -0.377 e. The fraction of sp³-hybridized carbons (Fsp3) is 0.368. The summed E-state index contributed by atoms with van der Waals surface area (Å²) in [6.07, 6.45) is 2.65. The second-order valence-corrected chi connectivity index (χ2v) is 7.73. The van der Waals surface area contributed by atoms with Crippen LogP contribution in [-0.2, 0) is 11.2 Å². The van der Waals surface area contributed by atoms with Crippen molar-refractivity contribution < 1.29 is 4.74 Å². The lowest BCUT2D eigenvalue weighted by atomic mass is 10.1. The molecular weight excluding hydrogens is 374 g/mol. The van der Waals surface area contributed by atoms with E-state index < -0.39 is 0 Å². The molecule has 0 unspecified atom stereocenters. The minimum absolute atomic E-state index is 0.266. The van der Waals surface area contributed by atoms with E-state index >= 15 is 0 Å². The number of fused-ring (bicyclic) bond motifs is 1. The zero-order chi connectivity index (χ0) is 19.1. The molecule has 5 heterocycles. The van der Waals surface area contributed by atoms with Crippen molar-refractivity contribution in [3.63, 3.8) is 0 Å². The summed E-state index contributed by atoms with van der Waals surface area (Å²) in [7, 11) is 0. The number of aromatic nitrogens is 6. The number of aromatic amines is 1. The van der Waals surface area contributed by atoms with Gasteiger partial charge in [-0.1, -0.05) is 18.3 Å². The Kier molecular flexibility index (Phi) is 4.33. The molecule has 0 spiro atoms. The van der Waals surface area contributed by atoms with Gasteiger partial charge in [0, 0.05) is 29.3 Å². The first-order valence-electron chi connectivity index (χ1n) is 9.42. The van der Waals surface area contributed by atoms with E-state index in [1.165, 1.54) is 5.69 Å². The molecular formula is C19H21N7OS. The molecule has 0 bridgehead atoms. The van der Waals surface area contributed by atoms with E-state index in [4.69, 9.17) is 9.72 Å². The van der Waals surface area contributed by atoms with Crippen LogP contribution in [0.3, 0.4) is 0 Å². The zero-order valence-electron chi connectivity index (χ0n) is 15.8. The molecule has 0 aromatic carbocycles. The van der Waals surface area contributed by atoms with Gasteiger partial charge in [-0.2, -0.15) is 5.10 Å². The van der Waals surface area contributed by atoms with Crippen molar-refractivity contribution in [2.45, 2.75) is 26.3 Å². The van der Waals surface area contributed by atoms with E-state index in [1.54, 1.807) is 23.0 Å². The van der Waals surface area contributed by atoms with Crippen LogP contribution in [0, 0.1) is 0 Å². The van der Waals surface area contributed by atoms with Gasteiger partial charge in [0.25, 0.3) is 0 Å². The average molecular weight is 395 g/mol. The Balaban J connectivity index is 1.79. The zero-order valence-corrected chi connectivity index (χ0v) is 16.6. The van der Waals surface area contributed by atoms with Crippen molar-refractivity contribution in [1.29, 1.82) is 0 Å². The van der Waals surface area contributed by atoms with Gasteiger partial charge in [0.2, 0.25) is 0 Å². The van der Waals surface area contributed by atoms with Gasteiger partial charge in [0.15, 0.2) is 0 Å². The second-order valence-electron chi connectivity index (χ2n) is 6.89. The predicted molar refractivity (Wildman–Crippen MR) is 109 cm³/mol. The fourth-order valence-corrected chi connectivity index (χ4v) is 4.38. The summed E-state index contributed by atoms with van der Waals surface area (Å²) in [4.78, 5) is 7.40. The smallest absolute Gasteiger partial charge is 0.149 e. The molecule has 0 aliphatic carbocycles. The first-order chi connectivity index (χ1) is 13.8. The third-order valence-electron chi connectivity index (χ3n) is 5.18. The SMILES string of the molecule is CCc1cc2c(-c3nncs3)cc(N3CCOC[C@H]3C)nc2n1-c1ccn[nH]1. The molecule has 1 fully saturated rings. The van der Waals surface area contributed by atoms with Crippen LogP contribution in [0.4, 0.5) is 5.82 Å². The van der Waals surface area contributed by atoms with Crippen molar-refractivity contribution >= 4 is 28.2 Å². The monoisotopic (exact) mass is 395 g/mol. The van der Waals surface area contributed by atoms with Crippen molar-refractivity contribution in [3.8, 4) is 16.4 Å². The molecule has 5 rings (SSSR count). The van der Waals surface area contributed by atoms with E-state index in [2.05, 4.69) is 55.8 Å². The van der Waals surface area contributed by atoms with Gasteiger partial charge in [0.1, 0.15) is 27.8 Å². The maximum atomic E-state index is 5.62. The maximum absolute atomic E-state index is 5.62. The number of morpholine rings is 1. The second kappa shape index (κ2) is 6.99. The number of H-pyrrole nitrogens is 1. The Morgan fingerprint density at radius 2 is 2.29 bits per heavy atom. The molecule has 1 saturated heterocycles. The van der Waals surface area contributed by atoms with E-state index in [9.17, 15) is 0 Å². The van der Waals surface area contributed by atoms with Gasteiger partial charge >= 0.3 is 0 Å². The highest BCUT2D eigenvalue weighted by atomic mass is 32.1. The summed E-state index contributed by atoms with van der Waals surface area (Å²) in [6.45, 7) is 6.55. The molecule has 0 saturated carbocycles. The number of nitrogens with zero attached hydrogens (tertiary/aromatic N) is 6. The van der Waals surface area contributed by atoms with Crippen molar-refractivity contribution in [3.05, 3.63) is 35.6 Å². The van der Waals surface area contributed by atoms with E-state index in [0.717, 1.165) is 46.2 Å². The molecule has 0 radical (unpaired) electrons. The molecule has 9 heteroatoms. The third kappa shape index (κ3) is 2.78. The number of aryl methyl sites for hydroxylation is 1. The van der Waals surface area contributed by atoms with E-state index in [-0.39, 0.29) is 6.04 Å². The Morgan fingerprint density at radius 1 is 1.36 bits per heavy atom. The Morgan fingerprint density at radius 3 is 3.00 bits per heavy atom. The highest BCUT2D eigenvalue weighted by molar-refractivity contribution is 7.12. The van der Waals surface area contributed by atoms with Gasteiger partial charge in [-0.15, -0.1) is 10.2 Å². The number of hydrogen-bond acceptors (Lipinski definition) is 7. The topological polar surface area (TPSA) is 84.8 Å². The summed E-state index contributed by atoms with van der Waals surface area (Å²) < 4.78 is 7.77. The standard InChI is InChI=1S/C19H21N7OS/c1-3-13-8-14-15(19-24-21-11-28-19)9-17(25-6-7-27-10-12(25)2)22-18(14)26(13)16-4-5-20-23-16/h4-5,8-9,11-12H,3,6-7,10H2,1-2H3,(H,20,23)/t12-/m1/s1. The quantitative estimate of drug-likeness (QED) is 0.572. The van der Waals surface area contributed by atoms with Crippen LogP contribution in [0.15, 0.2) is 29.9 Å².